The van der Waals surface area contributed by atoms with Crippen molar-refractivity contribution >= 4 is 6.09 Å². The summed E-state index contributed by atoms with van der Waals surface area (Å²) in [5, 5.41) is 8.49. The van der Waals surface area contributed by atoms with Gasteiger partial charge in [-0.15, -0.1) is 0 Å². The van der Waals surface area contributed by atoms with E-state index < -0.39 is 6.09 Å². The van der Waals surface area contributed by atoms with E-state index in [2.05, 4.69) is 4.98 Å². The number of hydrogen-bond donors (Lipinski definition) is 1. The van der Waals surface area contributed by atoms with Gasteiger partial charge in [0.05, 0.1) is 13.2 Å². The van der Waals surface area contributed by atoms with Gasteiger partial charge in [0, 0.05) is 26.5 Å². The molecular weight excluding hydrogens is 198 g/mol. The average molecular weight is 213 g/mol. The molecule has 0 fully saturated rings. The second-order valence-electron chi connectivity index (χ2n) is 3.15. The summed E-state index contributed by atoms with van der Waals surface area (Å²) in [6.07, 6.45) is 3.01. The molecule has 0 bridgehead atoms. The lowest BCUT2D eigenvalue weighted by Crippen LogP contribution is -2.28. The van der Waals surface area contributed by atoms with E-state index in [1.165, 1.54) is 4.90 Å². The number of aryl methyl sites for hydroxylation is 1. The van der Waals surface area contributed by atoms with Gasteiger partial charge in [0.2, 0.25) is 0 Å². The fourth-order valence-electron chi connectivity index (χ4n) is 1.07. The van der Waals surface area contributed by atoms with Crippen molar-refractivity contribution in [1.29, 1.82) is 0 Å². The van der Waals surface area contributed by atoms with Crippen molar-refractivity contribution < 1.29 is 14.6 Å². The van der Waals surface area contributed by atoms with E-state index in [1.54, 1.807) is 13.2 Å². The molecule has 1 N–H and O–H groups in total. The lowest BCUT2D eigenvalue weighted by atomic mass is 10.5. The van der Waals surface area contributed by atoms with E-state index in [0.717, 1.165) is 5.82 Å². The largest absolute Gasteiger partial charge is 0.447 e. The second kappa shape index (κ2) is 5.35. The Morgan fingerprint density at radius 2 is 2.47 bits per heavy atom. The molecule has 84 valence electrons. The maximum absolute atomic E-state index is 11.3. The Morgan fingerprint density at radius 1 is 1.73 bits per heavy atom. The van der Waals surface area contributed by atoms with Crippen molar-refractivity contribution in [2.24, 2.45) is 7.05 Å². The maximum Gasteiger partial charge on any atom is 0.409 e. The molecule has 15 heavy (non-hydrogen) atoms. The Morgan fingerprint density at radius 3 is 3.00 bits per heavy atom. The van der Waals surface area contributed by atoms with Crippen LogP contribution >= 0.6 is 0 Å². The Bertz CT molecular complexity index is 324. The highest BCUT2D eigenvalue weighted by Crippen LogP contribution is 2.00. The van der Waals surface area contributed by atoms with Crippen LogP contribution < -0.4 is 0 Å². The molecule has 1 aromatic heterocycles. The smallest absolute Gasteiger partial charge is 0.409 e. The molecule has 6 nitrogen and oxygen atoms in total. The van der Waals surface area contributed by atoms with Crippen LogP contribution in [0.4, 0.5) is 4.79 Å². The predicted octanol–water partition coefficient (Wildman–Crippen LogP) is -0.0192. The normalized spacial score (nSPS) is 10.1. The lowest BCUT2D eigenvalue weighted by molar-refractivity contribution is 0.0885. The van der Waals surface area contributed by atoms with Crippen molar-refractivity contribution in [2.45, 2.75) is 6.54 Å². The fourth-order valence-corrected chi connectivity index (χ4v) is 1.07. The molecule has 1 heterocycles. The minimum absolute atomic E-state index is 0.0176. The first kappa shape index (κ1) is 11.5. The molecule has 0 aliphatic carbocycles. The molecule has 0 spiro atoms. The Balaban J connectivity index is 2.45. The van der Waals surface area contributed by atoms with Crippen LogP contribution in [0.1, 0.15) is 5.82 Å². The van der Waals surface area contributed by atoms with Gasteiger partial charge in [-0.25, -0.2) is 9.78 Å². The van der Waals surface area contributed by atoms with Gasteiger partial charge < -0.3 is 19.3 Å². The quantitative estimate of drug-likeness (QED) is 0.763. The van der Waals surface area contributed by atoms with Crippen LogP contribution in [0, 0.1) is 0 Å². The molecule has 0 aliphatic rings. The minimum Gasteiger partial charge on any atom is -0.447 e. The summed E-state index contributed by atoms with van der Waals surface area (Å²) < 4.78 is 6.57. The zero-order valence-electron chi connectivity index (χ0n) is 8.88. The molecule has 1 amide bonds. The average Bonchev–Trinajstić information content (AvgIpc) is 2.61. The molecule has 0 aromatic carbocycles. The van der Waals surface area contributed by atoms with Crippen LogP contribution in [-0.2, 0) is 18.3 Å². The summed E-state index contributed by atoms with van der Waals surface area (Å²) >= 11 is 0. The van der Waals surface area contributed by atoms with Gasteiger partial charge in [0.1, 0.15) is 12.4 Å². The maximum atomic E-state index is 11.3. The van der Waals surface area contributed by atoms with Crippen LogP contribution in [0.2, 0.25) is 0 Å². The van der Waals surface area contributed by atoms with Crippen LogP contribution in [0.5, 0.6) is 0 Å². The standard InChI is InChI=1S/C9H15N3O3/c1-11-4-3-10-8(11)7-12(2)9(14)15-6-5-13/h3-4,13H,5-7H2,1-2H3. The first-order valence-electron chi connectivity index (χ1n) is 4.60. The number of imidazole rings is 1. The topological polar surface area (TPSA) is 67.6 Å². The van der Waals surface area contributed by atoms with Crippen molar-refractivity contribution in [2.75, 3.05) is 20.3 Å². The van der Waals surface area contributed by atoms with Gasteiger partial charge in [-0.1, -0.05) is 0 Å². The molecule has 0 saturated heterocycles. The third kappa shape index (κ3) is 3.25. The molecule has 0 saturated carbocycles. The molecule has 6 heteroatoms. The number of ether oxygens (including phenoxy) is 1. The Labute approximate surface area is 88.1 Å². The summed E-state index contributed by atoms with van der Waals surface area (Å²) in [6.45, 7) is 0.236. The molecule has 0 aliphatic heterocycles. The number of nitrogens with zero attached hydrogens (tertiary/aromatic N) is 3. The number of carbonyl (C=O) groups is 1. The number of aromatic nitrogens is 2. The molecular formula is C9H15N3O3. The highest BCUT2D eigenvalue weighted by molar-refractivity contribution is 5.67. The first-order valence-corrected chi connectivity index (χ1v) is 4.60. The van der Waals surface area contributed by atoms with Gasteiger partial charge in [-0.05, 0) is 0 Å². The lowest BCUT2D eigenvalue weighted by Gasteiger charge is -2.16. The molecule has 1 rings (SSSR count). The molecule has 0 atom stereocenters. The summed E-state index contributed by atoms with van der Waals surface area (Å²) in [5.74, 6) is 0.776. The zero-order chi connectivity index (χ0) is 11.3. The van der Waals surface area contributed by atoms with E-state index in [-0.39, 0.29) is 13.2 Å². The van der Waals surface area contributed by atoms with Crippen LogP contribution in [-0.4, -0.2) is 45.9 Å². The van der Waals surface area contributed by atoms with Crippen molar-refractivity contribution in [3.8, 4) is 0 Å². The SMILES string of the molecule is CN(Cc1nccn1C)C(=O)OCCO. The van der Waals surface area contributed by atoms with E-state index in [4.69, 9.17) is 9.84 Å². The van der Waals surface area contributed by atoms with E-state index >= 15 is 0 Å². The number of rotatable bonds is 4. The van der Waals surface area contributed by atoms with Gasteiger partial charge in [-0.3, -0.25) is 0 Å². The molecule has 1 aromatic rings. The highest BCUT2D eigenvalue weighted by Gasteiger charge is 2.12. The summed E-state index contributed by atoms with van der Waals surface area (Å²) in [4.78, 5) is 16.8. The summed E-state index contributed by atoms with van der Waals surface area (Å²) in [7, 11) is 3.48. The number of amides is 1. The molecule has 0 unspecified atom stereocenters. The third-order valence-electron chi connectivity index (χ3n) is 1.93. The van der Waals surface area contributed by atoms with E-state index in [0.29, 0.717) is 6.54 Å². The van der Waals surface area contributed by atoms with Crippen molar-refractivity contribution in [3.63, 3.8) is 0 Å². The fraction of sp³-hybridized carbons (Fsp3) is 0.556. The second-order valence-corrected chi connectivity index (χ2v) is 3.15. The predicted molar refractivity (Wildman–Crippen MR) is 53.1 cm³/mol. The number of aliphatic hydroxyl groups excluding tert-OH is 1. The van der Waals surface area contributed by atoms with Gasteiger partial charge in [0.15, 0.2) is 0 Å². The van der Waals surface area contributed by atoms with E-state index in [1.807, 2.05) is 17.8 Å². The van der Waals surface area contributed by atoms with Gasteiger partial charge in [0.25, 0.3) is 0 Å². The minimum atomic E-state index is -0.466. The summed E-state index contributed by atoms with van der Waals surface area (Å²) in [5.41, 5.74) is 0. The number of carbonyl (C=O) groups excluding carboxylic acids is 1. The molecule has 0 radical (unpaired) electrons. The Hall–Kier alpha value is -1.56. The monoisotopic (exact) mass is 213 g/mol. The highest BCUT2D eigenvalue weighted by atomic mass is 16.6. The van der Waals surface area contributed by atoms with Crippen LogP contribution in [0.25, 0.3) is 0 Å². The third-order valence-corrected chi connectivity index (χ3v) is 1.93. The van der Waals surface area contributed by atoms with Gasteiger partial charge in [-0.2, -0.15) is 0 Å². The van der Waals surface area contributed by atoms with Crippen molar-refractivity contribution in [3.05, 3.63) is 18.2 Å². The van der Waals surface area contributed by atoms with Gasteiger partial charge >= 0.3 is 6.09 Å². The first-order chi connectivity index (χ1) is 7.15. The van der Waals surface area contributed by atoms with Crippen LogP contribution in [0.3, 0.4) is 0 Å². The van der Waals surface area contributed by atoms with E-state index in [9.17, 15) is 4.79 Å². The Kier molecular flexibility index (Phi) is 4.11. The number of aliphatic hydroxyl groups is 1. The van der Waals surface area contributed by atoms with Crippen LogP contribution in [0.15, 0.2) is 12.4 Å². The zero-order valence-corrected chi connectivity index (χ0v) is 8.88. The summed E-state index contributed by atoms with van der Waals surface area (Å²) in [6, 6.07) is 0. The van der Waals surface area contributed by atoms with Crippen molar-refractivity contribution in [1.82, 2.24) is 14.5 Å². The number of hydrogen-bond acceptors (Lipinski definition) is 4.